The van der Waals surface area contributed by atoms with Gasteiger partial charge in [-0.1, -0.05) is 40.2 Å². The SMILES string of the molecule is N#CCc1ccc(NC(=O)C2CCN(S(=O)(=O)Cc3cccc(Br)c3)CC2)cc1. The van der Waals surface area contributed by atoms with Gasteiger partial charge >= 0.3 is 0 Å². The molecule has 0 unspecified atom stereocenters. The molecule has 0 saturated carbocycles. The quantitative estimate of drug-likeness (QED) is 0.689. The molecule has 6 nitrogen and oxygen atoms in total. The third-order valence-electron chi connectivity index (χ3n) is 4.96. The third-order valence-corrected chi connectivity index (χ3v) is 7.30. The molecule has 2 aromatic rings. The number of sulfonamides is 1. The molecule has 1 fully saturated rings. The van der Waals surface area contributed by atoms with Gasteiger partial charge in [0.1, 0.15) is 0 Å². The van der Waals surface area contributed by atoms with Crippen molar-refractivity contribution in [2.75, 3.05) is 18.4 Å². The van der Waals surface area contributed by atoms with Crippen molar-refractivity contribution in [2.24, 2.45) is 5.92 Å². The summed E-state index contributed by atoms with van der Waals surface area (Å²) in [6.07, 6.45) is 1.33. The van der Waals surface area contributed by atoms with E-state index in [9.17, 15) is 13.2 Å². The summed E-state index contributed by atoms with van der Waals surface area (Å²) in [6, 6.07) is 16.6. The summed E-state index contributed by atoms with van der Waals surface area (Å²) in [5, 5.41) is 11.6. The first-order chi connectivity index (χ1) is 13.9. The number of benzene rings is 2. The molecule has 1 aliphatic heterocycles. The summed E-state index contributed by atoms with van der Waals surface area (Å²) in [7, 11) is -3.42. The van der Waals surface area contributed by atoms with E-state index in [1.54, 1.807) is 24.3 Å². The van der Waals surface area contributed by atoms with Crippen LogP contribution in [0.25, 0.3) is 0 Å². The Morgan fingerprint density at radius 1 is 1.14 bits per heavy atom. The first kappa shape index (κ1) is 21.5. The van der Waals surface area contributed by atoms with Crippen LogP contribution in [0, 0.1) is 17.2 Å². The normalized spacial score (nSPS) is 15.6. The summed E-state index contributed by atoms with van der Waals surface area (Å²) in [5.74, 6) is -0.355. The number of hydrogen-bond acceptors (Lipinski definition) is 4. The first-order valence-corrected chi connectivity index (χ1v) is 11.8. The number of nitriles is 1. The first-order valence-electron chi connectivity index (χ1n) is 9.36. The minimum atomic E-state index is -3.42. The van der Waals surface area contributed by atoms with Crippen LogP contribution in [-0.4, -0.2) is 31.7 Å². The van der Waals surface area contributed by atoms with E-state index in [4.69, 9.17) is 5.26 Å². The minimum absolute atomic E-state index is 0.0433. The fourth-order valence-corrected chi connectivity index (χ4v) is 5.36. The van der Waals surface area contributed by atoms with Gasteiger partial charge < -0.3 is 5.32 Å². The Balaban J connectivity index is 1.54. The number of hydrogen-bond donors (Lipinski definition) is 1. The predicted molar refractivity (Wildman–Crippen MR) is 115 cm³/mol. The molecule has 0 spiro atoms. The number of carbonyl (C=O) groups excluding carboxylic acids is 1. The molecule has 152 valence electrons. The van der Waals surface area contributed by atoms with Crippen LogP contribution in [-0.2, 0) is 27.0 Å². The van der Waals surface area contributed by atoms with Gasteiger partial charge in [0, 0.05) is 29.2 Å². The Bertz CT molecular complexity index is 1010. The summed E-state index contributed by atoms with van der Waals surface area (Å²) >= 11 is 3.36. The van der Waals surface area contributed by atoms with Crippen LogP contribution < -0.4 is 5.32 Å². The lowest BCUT2D eigenvalue weighted by Gasteiger charge is -2.30. The van der Waals surface area contributed by atoms with Crippen molar-refractivity contribution in [3.05, 3.63) is 64.1 Å². The van der Waals surface area contributed by atoms with Gasteiger partial charge in [-0.3, -0.25) is 4.79 Å². The zero-order valence-electron chi connectivity index (χ0n) is 15.8. The summed E-state index contributed by atoms with van der Waals surface area (Å²) < 4.78 is 27.7. The highest BCUT2D eigenvalue weighted by Crippen LogP contribution is 2.24. The number of nitrogens with zero attached hydrogens (tertiary/aromatic N) is 2. The van der Waals surface area contributed by atoms with Gasteiger partial charge in [0.15, 0.2) is 0 Å². The molecule has 1 amide bonds. The molecule has 1 saturated heterocycles. The van der Waals surface area contributed by atoms with Gasteiger partial charge in [-0.2, -0.15) is 5.26 Å². The lowest BCUT2D eigenvalue weighted by molar-refractivity contribution is -0.120. The maximum atomic E-state index is 12.7. The molecule has 3 rings (SSSR count). The van der Waals surface area contributed by atoms with Crippen LogP contribution in [0.1, 0.15) is 24.0 Å². The average Bonchev–Trinajstić information content (AvgIpc) is 2.69. The fourth-order valence-electron chi connectivity index (χ4n) is 3.37. The zero-order valence-corrected chi connectivity index (χ0v) is 18.2. The van der Waals surface area contributed by atoms with Crippen molar-refractivity contribution >= 4 is 37.5 Å². The number of amides is 1. The van der Waals surface area contributed by atoms with Crippen LogP contribution in [0.4, 0.5) is 5.69 Å². The van der Waals surface area contributed by atoms with E-state index < -0.39 is 10.0 Å². The van der Waals surface area contributed by atoms with E-state index in [-0.39, 0.29) is 17.6 Å². The van der Waals surface area contributed by atoms with E-state index in [2.05, 4.69) is 27.3 Å². The largest absolute Gasteiger partial charge is 0.326 e. The summed E-state index contributed by atoms with van der Waals surface area (Å²) in [4.78, 5) is 12.5. The maximum Gasteiger partial charge on any atom is 0.227 e. The van der Waals surface area contributed by atoms with Gasteiger partial charge in [-0.25, -0.2) is 12.7 Å². The molecule has 29 heavy (non-hydrogen) atoms. The highest BCUT2D eigenvalue weighted by Gasteiger charge is 2.31. The highest BCUT2D eigenvalue weighted by molar-refractivity contribution is 9.10. The van der Waals surface area contributed by atoms with Crippen LogP contribution in [0.2, 0.25) is 0 Å². The van der Waals surface area contributed by atoms with E-state index >= 15 is 0 Å². The molecule has 0 bridgehead atoms. The van der Waals surface area contributed by atoms with E-state index in [1.165, 1.54) is 4.31 Å². The maximum absolute atomic E-state index is 12.7. The van der Waals surface area contributed by atoms with E-state index in [0.717, 1.165) is 15.6 Å². The molecule has 1 heterocycles. The van der Waals surface area contributed by atoms with Gasteiger partial charge in [0.05, 0.1) is 18.2 Å². The van der Waals surface area contributed by atoms with Crippen LogP contribution in [0.3, 0.4) is 0 Å². The predicted octanol–water partition coefficient (Wildman–Crippen LogP) is 3.70. The molecule has 1 aliphatic rings. The number of carbonyl (C=O) groups is 1. The zero-order chi connectivity index (χ0) is 20.9. The minimum Gasteiger partial charge on any atom is -0.326 e. The van der Waals surface area contributed by atoms with Crippen molar-refractivity contribution in [1.29, 1.82) is 5.26 Å². The van der Waals surface area contributed by atoms with Gasteiger partial charge in [-0.05, 0) is 48.2 Å². The third kappa shape index (κ3) is 5.89. The van der Waals surface area contributed by atoms with Crippen molar-refractivity contribution in [1.82, 2.24) is 4.31 Å². The van der Waals surface area contributed by atoms with Gasteiger partial charge in [0.2, 0.25) is 15.9 Å². The molecule has 1 N–H and O–H groups in total. The summed E-state index contributed by atoms with van der Waals surface area (Å²) in [5.41, 5.74) is 2.31. The highest BCUT2D eigenvalue weighted by atomic mass is 79.9. The number of piperidine rings is 1. The topological polar surface area (TPSA) is 90.3 Å². The Morgan fingerprint density at radius 2 is 1.83 bits per heavy atom. The van der Waals surface area contributed by atoms with Gasteiger partial charge in [0.25, 0.3) is 0 Å². The van der Waals surface area contributed by atoms with Crippen LogP contribution in [0.5, 0.6) is 0 Å². The second-order valence-corrected chi connectivity index (χ2v) is 9.97. The Hall–Kier alpha value is -2.21. The van der Waals surface area contributed by atoms with Crippen molar-refractivity contribution in [2.45, 2.75) is 25.0 Å². The molecule has 0 aromatic heterocycles. The lowest BCUT2D eigenvalue weighted by Crippen LogP contribution is -2.41. The number of rotatable bonds is 6. The van der Waals surface area contributed by atoms with E-state index in [0.29, 0.717) is 38.0 Å². The Labute approximate surface area is 179 Å². The molecular formula is C21H22BrN3O3S. The molecule has 2 aromatic carbocycles. The van der Waals surface area contributed by atoms with E-state index in [1.807, 2.05) is 24.3 Å². The van der Waals surface area contributed by atoms with Crippen molar-refractivity contribution in [3.63, 3.8) is 0 Å². The average molecular weight is 476 g/mol. The molecule has 0 aliphatic carbocycles. The van der Waals surface area contributed by atoms with Crippen molar-refractivity contribution in [3.8, 4) is 6.07 Å². The number of anilines is 1. The van der Waals surface area contributed by atoms with Gasteiger partial charge in [-0.15, -0.1) is 0 Å². The standard InChI is InChI=1S/C21H22BrN3O3S/c22-19-3-1-2-17(14-19)15-29(27,28)25-12-9-18(10-13-25)21(26)24-20-6-4-16(5-7-20)8-11-23/h1-7,14,18H,8-10,12-13,15H2,(H,24,26). The van der Waals surface area contributed by atoms with Crippen molar-refractivity contribution < 1.29 is 13.2 Å². The second kappa shape index (κ2) is 9.53. The van der Waals surface area contributed by atoms with Crippen LogP contribution >= 0.6 is 15.9 Å². The lowest BCUT2D eigenvalue weighted by atomic mass is 9.97. The Kier molecular flexibility index (Phi) is 7.06. The molecule has 0 radical (unpaired) electrons. The van der Waals surface area contributed by atoms with Crippen LogP contribution in [0.15, 0.2) is 53.0 Å². The summed E-state index contributed by atoms with van der Waals surface area (Å²) in [6.45, 7) is 0.686. The number of nitrogens with one attached hydrogen (secondary N) is 1. The molecule has 0 atom stereocenters. The fraction of sp³-hybridized carbons (Fsp3) is 0.333. The molecule has 8 heteroatoms. The Morgan fingerprint density at radius 3 is 2.45 bits per heavy atom. The number of halogens is 1. The smallest absolute Gasteiger partial charge is 0.227 e. The second-order valence-electron chi connectivity index (χ2n) is 7.08. The monoisotopic (exact) mass is 475 g/mol. The molecular weight excluding hydrogens is 454 g/mol.